The van der Waals surface area contributed by atoms with Crippen molar-refractivity contribution in [3.63, 3.8) is 0 Å². The minimum Gasteiger partial charge on any atom is -0.435 e. The lowest BCUT2D eigenvalue weighted by Crippen LogP contribution is -2.18. The molecule has 0 saturated heterocycles. The third kappa shape index (κ3) is 4.57. The molecule has 1 aromatic rings. The molecule has 0 aliphatic carbocycles. The fraction of sp³-hybridized carbons (Fsp3) is 0.500. The van der Waals surface area contributed by atoms with Crippen LogP contribution in [0.25, 0.3) is 0 Å². The Balaban J connectivity index is 2.50. The summed E-state index contributed by atoms with van der Waals surface area (Å²) in [4.78, 5) is 0. The lowest BCUT2D eigenvalue weighted by atomic mass is 10.1. The smallest absolute Gasteiger partial charge is 0.387 e. The van der Waals surface area contributed by atoms with Crippen molar-refractivity contribution in [2.45, 2.75) is 26.4 Å². The molecular formula is C12H17F2NO. The van der Waals surface area contributed by atoms with E-state index in [1.807, 2.05) is 12.1 Å². The number of rotatable bonds is 7. The minimum absolute atomic E-state index is 0.274. The molecule has 1 aromatic carbocycles. The van der Waals surface area contributed by atoms with Crippen LogP contribution in [0.2, 0.25) is 0 Å². The van der Waals surface area contributed by atoms with Gasteiger partial charge in [0.05, 0.1) is 0 Å². The van der Waals surface area contributed by atoms with E-state index in [-0.39, 0.29) is 5.75 Å². The Morgan fingerprint density at radius 1 is 1.25 bits per heavy atom. The Kier molecular flexibility index (Phi) is 5.78. The largest absolute Gasteiger partial charge is 0.435 e. The molecule has 0 aromatic heterocycles. The highest BCUT2D eigenvalue weighted by Crippen LogP contribution is 2.20. The molecule has 0 radical (unpaired) electrons. The standard InChI is InChI=1S/C12H17F2NO/c1-2-8-15-9-7-10-5-3-4-6-11(10)16-12(13)14/h3-6,12,15H,2,7-9H2,1H3. The maximum Gasteiger partial charge on any atom is 0.387 e. The van der Waals surface area contributed by atoms with E-state index in [0.717, 1.165) is 25.1 Å². The van der Waals surface area contributed by atoms with Crippen LogP contribution in [0, 0.1) is 0 Å². The second-order valence-corrected chi connectivity index (χ2v) is 3.49. The van der Waals surface area contributed by atoms with Crippen molar-refractivity contribution in [3.05, 3.63) is 29.8 Å². The number of nitrogens with one attached hydrogen (secondary N) is 1. The number of para-hydroxylation sites is 1. The molecule has 0 atom stereocenters. The van der Waals surface area contributed by atoms with Gasteiger partial charge >= 0.3 is 6.61 Å². The quantitative estimate of drug-likeness (QED) is 0.726. The second kappa shape index (κ2) is 7.17. The van der Waals surface area contributed by atoms with Crippen molar-refractivity contribution in [1.82, 2.24) is 5.32 Å². The molecule has 16 heavy (non-hydrogen) atoms. The average molecular weight is 229 g/mol. The van der Waals surface area contributed by atoms with Crippen LogP contribution in [0.3, 0.4) is 0 Å². The second-order valence-electron chi connectivity index (χ2n) is 3.49. The molecule has 0 aliphatic heterocycles. The highest BCUT2D eigenvalue weighted by Gasteiger charge is 2.08. The molecule has 4 heteroatoms. The Bertz CT molecular complexity index is 305. The SMILES string of the molecule is CCCNCCc1ccccc1OC(F)F. The number of hydrogen-bond donors (Lipinski definition) is 1. The van der Waals surface area contributed by atoms with E-state index in [2.05, 4.69) is 17.0 Å². The number of ether oxygens (including phenoxy) is 1. The molecule has 0 spiro atoms. The topological polar surface area (TPSA) is 21.3 Å². The van der Waals surface area contributed by atoms with Crippen LogP contribution < -0.4 is 10.1 Å². The fourth-order valence-electron chi connectivity index (χ4n) is 1.45. The Hall–Kier alpha value is -1.16. The molecule has 0 bridgehead atoms. The predicted molar refractivity (Wildman–Crippen MR) is 59.9 cm³/mol. The van der Waals surface area contributed by atoms with Crippen molar-refractivity contribution >= 4 is 0 Å². The highest BCUT2D eigenvalue weighted by atomic mass is 19.3. The van der Waals surface area contributed by atoms with E-state index in [1.165, 1.54) is 0 Å². The van der Waals surface area contributed by atoms with Gasteiger partial charge in [0.25, 0.3) is 0 Å². The van der Waals surface area contributed by atoms with E-state index >= 15 is 0 Å². The molecule has 2 nitrogen and oxygen atoms in total. The van der Waals surface area contributed by atoms with Crippen LogP contribution in [0.5, 0.6) is 5.75 Å². The monoisotopic (exact) mass is 229 g/mol. The average Bonchev–Trinajstić information content (AvgIpc) is 2.26. The van der Waals surface area contributed by atoms with E-state index in [0.29, 0.717) is 6.42 Å². The van der Waals surface area contributed by atoms with E-state index in [1.54, 1.807) is 12.1 Å². The van der Waals surface area contributed by atoms with Crippen molar-refractivity contribution < 1.29 is 13.5 Å². The van der Waals surface area contributed by atoms with Gasteiger partial charge in [0, 0.05) is 0 Å². The summed E-state index contributed by atoms with van der Waals surface area (Å²) in [6, 6.07) is 6.90. The molecule has 0 amide bonds. The molecule has 0 fully saturated rings. The Labute approximate surface area is 94.6 Å². The summed E-state index contributed by atoms with van der Waals surface area (Å²) in [5.41, 5.74) is 0.811. The van der Waals surface area contributed by atoms with Crippen molar-refractivity contribution in [3.8, 4) is 5.75 Å². The fourth-order valence-corrected chi connectivity index (χ4v) is 1.45. The van der Waals surface area contributed by atoms with Crippen molar-refractivity contribution in [2.75, 3.05) is 13.1 Å². The summed E-state index contributed by atoms with van der Waals surface area (Å²) in [5.74, 6) is 0.274. The first-order chi connectivity index (χ1) is 7.74. The van der Waals surface area contributed by atoms with Gasteiger partial charge in [0.15, 0.2) is 0 Å². The summed E-state index contributed by atoms with van der Waals surface area (Å²) in [7, 11) is 0. The van der Waals surface area contributed by atoms with Crippen molar-refractivity contribution in [2.24, 2.45) is 0 Å². The minimum atomic E-state index is -2.76. The van der Waals surface area contributed by atoms with Gasteiger partial charge in [0.1, 0.15) is 5.75 Å². The van der Waals surface area contributed by atoms with Crippen LogP contribution in [0.15, 0.2) is 24.3 Å². The molecule has 1 rings (SSSR count). The molecule has 0 unspecified atom stereocenters. The Morgan fingerprint density at radius 3 is 2.69 bits per heavy atom. The summed E-state index contributed by atoms with van der Waals surface area (Å²) >= 11 is 0. The first-order valence-electron chi connectivity index (χ1n) is 5.47. The molecule has 0 aliphatic rings. The van der Waals surface area contributed by atoms with Gasteiger partial charge in [-0.15, -0.1) is 0 Å². The van der Waals surface area contributed by atoms with Gasteiger partial charge in [-0.2, -0.15) is 8.78 Å². The van der Waals surface area contributed by atoms with E-state index in [9.17, 15) is 8.78 Å². The third-order valence-corrected chi connectivity index (χ3v) is 2.19. The van der Waals surface area contributed by atoms with Crippen LogP contribution in [-0.2, 0) is 6.42 Å². The van der Waals surface area contributed by atoms with Crippen LogP contribution in [0.4, 0.5) is 8.78 Å². The zero-order valence-electron chi connectivity index (χ0n) is 9.38. The van der Waals surface area contributed by atoms with Gasteiger partial charge in [-0.05, 0) is 37.6 Å². The van der Waals surface area contributed by atoms with Crippen LogP contribution in [0.1, 0.15) is 18.9 Å². The normalized spacial score (nSPS) is 10.8. The number of alkyl halides is 2. The van der Waals surface area contributed by atoms with Gasteiger partial charge < -0.3 is 10.1 Å². The molecule has 0 heterocycles. The summed E-state index contributed by atoms with van der Waals surface area (Å²) in [6.45, 7) is 1.04. The first-order valence-corrected chi connectivity index (χ1v) is 5.47. The summed E-state index contributed by atoms with van der Waals surface area (Å²) in [6.07, 6.45) is 1.76. The first kappa shape index (κ1) is 12.9. The highest BCUT2D eigenvalue weighted by molar-refractivity contribution is 5.33. The Morgan fingerprint density at radius 2 is 2.00 bits per heavy atom. The summed E-state index contributed by atoms with van der Waals surface area (Å²) in [5, 5.41) is 3.22. The molecule has 90 valence electrons. The van der Waals surface area contributed by atoms with E-state index < -0.39 is 6.61 Å². The van der Waals surface area contributed by atoms with Gasteiger partial charge in [-0.1, -0.05) is 25.1 Å². The maximum absolute atomic E-state index is 12.1. The lowest BCUT2D eigenvalue weighted by Gasteiger charge is -2.10. The number of halogens is 2. The molecule has 0 saturated carbocycles. The van der Waals surface area contributed by atoms with Gasteiger partial charge in [0.2, 0.25) is 0 Å². The predicted octanol–water partition coefficient (Wildman–Crippen LogP) is 2.83. The van der Waals surface area contributed by atoms with Gasteiger partial charge in [-0.25, -0.2) is 0 Å². The van der Waals surface area contributed by atoms with Gasteiger partial charge in [-0.3, -0.25) is 0 Å². The lowest BCUT2D eigenvalue weighted by molar-refractivity contribution is -0.0504. The molecule has 1 N–H and O–H groups in total. The zero-order chi connectivity index (χ0) is 11.8. The number of benzene rings is 1. The van der Waals surface area contributed by atoms with E-state index in [4.69, 9.17) is 0 Å². The zero-order valence-corrected chi connectivity index (χ0v) is 9.38. The maximum atomic E-state index is 12.1. The van der Waals surface area contributed by atoms with Crippen LogP contribution >= 0.6 is 0 Å². The van der Waals surface area contributed by atoms with Crippen LogP contribution in [-0.4, -0.2) is 19.7 Å². The molecular weight excluding hydrogens is 212 g/mol. The number of hydrogen-bond acceptors (Lipinski definition) is 2. The van der Waals surface area contributed by atoms with Crippen molar-refractivity contribution in [1.29, 1.82) is 0 Å². The summed E-state index contributed by atoms with van der Waals surface area (Å²) < 4.78 is 28.7. The third-order valence-electron chi connectivity index (χ3n) is 2.19.